The Bertz CT molecular complexity index is 1000. The molecule has 1 aliphatic heterocycles. The molecule has 0 amide bonds. The first-order valence-electron chi connectivity index (χ1n) is 11.6. The Balaban J connectivity index is 1.64. The fourth-order valence-electron chi connectivity index (χ4n) is 4.46. The van der Waals surface area contributed by atoms with E-state index in [1.165, 1.54) is 65.2 Å². The standard InChI is InChI=1S/C28H34NO2P/c1-22-11-9-15-25(20-29-17-7-4-8-18-29)28(22)32-26-16-10-14-24(27(26)31-21-30-2)19-23-12-5-3-6-13-23/h3,5-6,9-16,32H,4,7-8,17-21H2,1-2H3. The lowest BCUT2D eigenvalue weighted by Gasteiger charge is -2.28. The van der Waals surface area contributed by atoms with Gasteiger partial charge in [-0.1, -0.05) is 81.7 Å². The molecule has 1 unspecified atom stereocenters. The number of hydrogen-bond donors (Lipinski definition) is 0. The van der Waals surface area contributed by atoms with Crippen LogP contribution >= 0.6 is 8.58 Å². The van der Waals surface area contributed by atoms with Crippen molar-refractivity contribution < 1.29 is 9.47 Å². The molecule has 0 saturated carbocycles. The van der Waals surface area contributed by atoms with Gasteiger partial charge in [-0.05, 0) is 60.4 Å². The van der Waals surface area contributed by atoms with Crippen molar-refractivity contribution >= 4 is 19.2 Å². The van der Waals surface area contributed by atoms with Crippen molar-refractivity contribution in [2.45, 2.75) is 39.2 Å². The van der Waals surface area contributed by atoms with Crippen LogP contribution in [0.2, 0.25) is 0 Å². The van der Waals surface area contributed by atoms with E-state index in [1.807, 2.05) is 0 Å². The van der Waals surface area contributed by atoms with E-state index in [0.29, 0.717) is 8.58 Å². The van der Waals surface area contributed by atoms with Crippen molar-refractivity contribution in [3.8, 4) is 5.75 Å². The summed E-state index contributed by atoms with van der Waals surface area (Å²) in [7, 11) is 2.24. The highest BCUT2D eigenvalue weighted by atomic mass is 31.1. The third kappa shape index (κ3) is 5.98. The van der Waals surface area contributed by atoms with Crippen molar-refractivity contribution in [3.05, 3.63) is 89.0 Å². The molecule has 1 saturated heterocycles. The van der Waals surface area contributed by atoms with Crippen LogP contribution in [0, 0.1) is 6.92 Å². The van der Waals surface area contributed by atoms with Crippen molar-refractivity contribution in [3.63, 3.8) is 0 Å². The summed E-state index contributed by atoms with van der Waals surface area (Å²) < 4.78 is 11.4. The Labute approximate surface area is 194 Å². The maximum atomic E-state index is 6.17. The summed E-state index contributed by atoms with van der Waals surface area (Å²) in [6.07, 6.45) is 4.86. The van der Waals surface area contributed by atoms with Gasteiger partial charge in [-0.2, -0.15) is 0 Å². The summed E-state index contributed by atoms with van der Waals surface area (Å²) in [5.74, 6) is 0.976. The normalized spacial score (nSPS) is 14.8. The number of aryl methyl sites for hydroxylation is 1. The number of nitrogens with zero attached hydrogens (tertiary/aromatic N) is 1. The number of ether oxygens (including phenoxy) is 2. The first-order valence-corrected chi connectivity index (χ1v) is 12.6. The molecule has 3 aromatic carbocycles. The molecule has 4 rings (SSSR count). The van der Waals surface area contributed by atoms with E-state index in [9.17, 15) is 0 Å². The largest absolute Gasteiger partial charge is 0.467 e. The van der Waals surface area contributed by atoms with E-state index < -0.39 is 0 Å². The van der Waals surface area contributed by atoms with Crippen LogP contribution in [0.15, 0.2) is 66.7 Å². The topological polar surface area (TPSA) is 21.7 Å². The Morgan fingerprint density at radius 3 is 2.38 bits per heavy atom. The molecule has 32 heavy (non-hydrogen) atoms. The molecular weight excluding hydrogens is 413 g/mol. The lowest BCUT2D eigenvalue weighted by molar-refractivity contribution is 0.0513. The van der Waals surface area contributed by atoms with Crippen molar-refractivity contribution in [2.75, 3.05) is 27.0 Å². The first kappa shape index (κ1) is 23.0. The minimum atomic E-state index is 0.262. The quantitative estimate of drug-likeness (QED) is 0.333. The van der Waals surface area contributed by atoms with Gasteiger partial charge in [-0.25, -0.2) is 0 Å². The summed E-state index contributed by atoms with van der Waals surface area (Å²) in [5.41, 5.74) is 5.32. The molecule has 1 heterocycles. The Morgan fingerprint density at radius 2 is 1.59 bits per heavy atom. The molecule has 1 aliphatic rings. The van der Waals surface area contributed by atoms with Gasteiger partial charge in [0.2, 0.25) is 0 Å². The Kier molecular flexibility index (Phi) is 8.34. The highest BCUT2D eigenvalue weighted by Crippen LogP contribution is 2.28. The maximum absolute atomic E-state index is 6.17. The van der Waals surface area contributed by atoms with Crippen LogP contribution in [0.5, 0.6) is 5.75 Å². The highest BCUT2D eigenvalue weighted by Gasteiger charge is 2.17. The molecular formula is C28H34NO2P. The van der Waals surface area contributed by atoms with Crippen molar-refractivity contribution in [1.82, 2.24) is 4.90 Å². The predicted octanol–water partition coefficient (Wildman–Crippen LogP) is 5.18. The molecule has 0 bridgehead atoms. The average Bonchev–Trinajstić information content (AvgIpc) is 2.82. The lowest BCUT2D eigenvalue weighted by Crippen LogP contribution is -2.31. The van der Waals surface area contributed by atoms with E-state index in [-0.39, 0.29) is 6.79 Å². The monoisotopic (exact) mass is 447 g/mol. The summed E-state index contributed by atoms with van der Waals surface area (Å²) in [6.45, 7) is 5.97. The third-order valence-corrected chi connectivity index (χ3v) is 7.74. The molecule has 0 aromatic heterocycles. The third-order valence-electron chi connectivity index (χ3n) is 6.12. The number of methoxy groups -OCH3 is 1. The van der Waals surface area contributed by atoms with Gasteiger partial charge in [0.25, 0.3) is 0 Å². The molecule has 1 atom stereocenters. The zero-order chi connectivity index (χ0) is 22.2. The van der Waals surface area contributed by atoms with E-state index in [4.69, 9.17) is 9.47 Å². The highest BCUT2D eigenvalue weighted by molar-refractivity contribution is 7.56. The van der Waals surface area contributed by atoms with Gasteiger partial charge in [0.1, 0.15) is 5.75 Å². The van der Waals surface area contributed by atoms with Crippen LogP contribution in [0.1, 0.15) is 41.5 Å². The lowest BCUT2D eigenvalue weighted by atomic mass is 10.0. The second-order valence-corrected chi connectivity index (χ2v) is 9.87. The van der Waals surface area contributed by atoms with Crippen LogP contribution in [0.4, 0.5) is 0 Å². The van der Waals surface area contributed by atoms with Crippen LogP contribution in [0.25, 0.3) is 0 Å². The molecule has 0 spiro atoms. The number of para-hydroxylation sites is 1. The Hall–Kier alpha value is -2.19. The molecule has 168 valence electrons. The van der Waals surface area contributed by atoms with Gasteiger partial charge in [0.05, 0.1) is 0 Å². The first-order chi connectivity index (χ1) is 15.7. The molecule has 1 fully saturated rings. The zero-order valence-electron chi connectivity index (χ0n) is 19.3. The zero-order valence-corrected chi connectivity index (χ0v) is 20.3. The fourth-order valence-corrected chi connectivity index (χ4v) is 5.86. The van der Waals surface area contributed by atoms with E-state index in [2.05, 4.69) is 78.6 Å². The predicted molar refractivity (Wildman–Crippen MR) is 136 cm³/mol. The van der Waals surface area contributed by atoms with Crippen molar-refractivity contribution in [1.29, 1.82) is 0 Å². The molecule has 0 N–H and O–H groups in total. The van der Waals surface area contributed by atoms with Gasteiger partial charge in [0.15, 0.2) is 6.79 Å². The summed E-state index contributed by atoms with van der Waals surface area (Å²) in [5, 5.41) is 2.71. The second-order valence-electron chi connectivity index (χ2n) is 8.58. The van der Waals surface area contributed by atoms with Crippen LogP contribution in [-0.4, -0.2) is 31.9 Å². The number of hydrogen-bond acceptors (Lipinski definition) is 3. The number of benzene rings is 3. The molecule has 0 aliphatic carbocycles. The number of likely N-dealkylation sites (tertiary alicyclic amines) is 1. The Morgan fingerprint density at radius 1 is 0.844 bits per heavy atom. The van der Waals surface area contributed by atoms with Gasteiger partial charge < -0.3 is 9.47 Å². The molecule has 4 heteroatoms. The van der Waals surface area contributed by atoms with E-state index in [0.717, 1.165) is 18.7 Å². The molecule has 0 radical (unpaired) electrons. The number of rotatable bonds is 9. The van der Waals surface area contributed by atoms with Crippen LogP contribution in [-0.2, 0) is 17.7 Å². The summed E-state index contributed by atoms with van der Waals surface area (Å²) >= 11 is 0. The van der Waals surface area contributed by atoms with Crippen LogP contribution in [0.3, 0.4) is 0 Å². The SMILES string of the molecule is COCOc1c(Cc2ccccc2)cccc1Pc1c(C)cccc1CN1CCCCC1. The minimum absolute atomic E-state index is 0.262. The fraction of sp³-hybridized carbons (Fsp3) is 0.357. The van der Waals surface area contributed by atoms with E-state index >= 15 is 0 Å². The van der Waals surface area contributed by atoms with Gasteiger partial charge >= 0.3 is 0 Å². The second kappa shape index (κ2) is 11.6. The number of piperidine rings is 1. The average molecular weight is 448 g/mol. The smallest absolute Gasteiger partial charge is 0.188 e. The minimum Gasteiger partial charge on any atom is -0.467 e. The van der Waals surface area contributed by atoms with Crippen LogP contribution < -0.4 is 15.3 Å². The van der Waals surface area contributed by atoms with Gasteiger partial charge in [-0.15, -0.1) is 0 Å². The van der Waals surface area contributed by atoms with Crippen molar-refractivity contribution in [2.24, 2.45) is 0 Å². The maximum Gasteiger partial charge on any atom is 0.188 e. The van der Waals surface area contributed by atoms with E-state index in [1.54, 1.807) is 7.11 Å². The molecule has 3 aromatic rings. The van der Waals surface area contributed by atoms with Gasteiger partial charge in [0, 0.05) is 25.4 Å². The summed E-state index contributed by atoms with van der Waals surface area (Å²) in [6, 6.07) is 23.9. The molecule has 3 nitrogen and oxygen atoms in total. The summed E-state index contributed by atoms with van der Waals surface area (Å²) in [4.78, 5) is 2.61. The van der Waals surface area contributed by atoms with Gasteiger partial charge in [-0.3, -0.25) is 4.90 Å².